The zero-order valence-electron chi connectivity index (χ0n) is 14.8. The number of carboxylic acid groups (broad SMARTS) is 1. The summed E-state index contributed by atoms with van der Waals surface area (Å²) < 4.78 is 23.4. The third-order valence-corrected chi connectivity index (χ3v) is 5.52. The summed E-state index contributed by atoms with van der Waals surface area (Å²) in [5.74, 6) is 5.01. The van der Waals surface area contributed by atoms with E-state index in [4.69, 9.17) is 5.11 Å². The highest BCUT2D eigenvalue weighted by atomic mass is 32.2. The molecule has 0 aromatic carbocycles. The normalized spacial score (nSPS) is 12.4. The summed E-state index contributed by atoms with van der Waals surface area (Å²) in [7, 11) is -3.11. The third-order valence-electron chi connectivity index (χ3n) is 3.70. The molecule has 0 radical (unpaired) electrons. The average molecular weight is 361 g/mol. The van der Waals surface area contributed by atoms with Gasteiger partial charge in [-0.15, -0.1) is 5.92 Å². The molecule has 0 rings (SSSR count). The molecular weight excluding hydrogens is 328 g/mol. The summed E-state index contributed by atoms with van der Waals surface area (Å²) >= 11 is 0. The summed E-state index contributed by atoms with van der Waals surface area (Å²) in [6.45, 7) is 2.08. The number of hydrogen-bond donors (Lipinski definition) is 2. The standard InChI is InChI=1S/C18H32O5S/c1-2-3-12-17(19)13-9-7-5-4-6-8-10-15-24(22,23)16-11-14-18(20)21/h17,19H,2-8,10-12,14-16H2,1H3,(H,20,21)/t17-/m1/s1. The van der Waals surface area contributed by atoms with E-state index >= 15 is 0 Å². The second-order valence-corrected chi connectivity index (χ2v) is 8.45. The fourth-order valence-electron chi connectivity index (χ4n) is 2.27. The summed E-state index contributed by atoms with van der Waals surface area (Å²) in [6.07, 6.45) is 7.64. The fraction of sp³-hybridized carbons (Fsp3) is 0.833. The van der Waals surface area contributed by atoms with Crippen LogP contribution in [0.2, 0.25) is 0 Å². The van der Waals surface area contributed by atoms with E-state index in [1.165, 1.54) is 0 Å². The Hall–Kier alpha value is -1.06. The van der Waals surface area contributed by atoms with Gasteiger partial charge in [-0.1, -0.05) is 44.9 Å². The van der Waals surface area contributed by atoms with Gasteiger partial charge in [0.1, 0.15) is 15.9 Å². The Morgan fingerprint density at radius 1 is 1.00 bits per heavy atom. The van der Waals surface area contributed by atoms with E-state index in [-0.39, 0.29) is 24.3 Å². The van der Waals surface area contributed by atoms with E-state index in [0.717, 1.165) is 51.4 Å². The molecule has 0 bridgehead atoms. The minimum Gasteiger partial charge on any atom is -0.481 e. The highest BCUT2D eigenvalue weighted by Crippen LogP contribution is 2.08. The molecule has 0 heterocycles. The summed E-state index contributed by atoms with van der Waals surface area (Å²) in [6, 6.07) is 0. The lowest BCUT2D eigenvalue weighted by molar-refractivity contribution is -0.137. The summed E-state index contributed by atoms with van der Waals surface area (Å²) in [4.78, 5) is 10.4. The monoisotopic (exact) mass is 360 g/mol. The van der Waals surface area contributed by atoms with Crippen molar-refractivity contribution in [1.29, 1.82) is 0 Å². The Kier molecular flexibility index (Phi) is 13.7. The third kappa shape index (κ3) is 15.8. The molecule has 0 aliphatic carbocycles. The van der Waals surface area contributed by atoms with Gasteiger partial charge < -0.3 is 10.2 Å². The fourth-order valence-corrected chi connectivity index (χ4v) is 3.70. The van der Waals surface area contributed by atoms with E-state index in [1.54, 1.807) is 0 Å². The van der Waals surface area contributed by atoms with Gasteiger partial charge in [0.25, 0.3) is 0 Å². The van der Waals surface area contributed by atoms with Crippen LogP contribution in [0.4, 0.5) is 0 Å². The molecule has 2 N–H and O–H groups in total. The van der Waals surface area contributed by atoms with Crippen LogP contribution in [0, 0.1) is 11.8 Å². The molecule has 0 unspecified atom stereocenters. The first kappa shape index (κ1) is 22.9. The first-order valence-electron chi connectivity index (χ1n) is 8.96. The number of carbonyl (C=O) groups is 1. The van der Waals surface area contributed by atoms with Crippen LogP contribution in [0.25, 0.3) is 0 Å². The van der Waals surface area contributed by atoms with Gasteiger partial charge in [-0.2, -0.15) is 0 Å². The molecule has 0 spiro atoms. The molecule has 0 saturated heterocycles. The highest BCUT2D eigenvalue weighted by Gasteiger charge is 2.11. The number of aliphatic hydroxyl groups excluding tert-OH is 1. The maximum atomic E-state index is 11.7. The van der Waals surface area contributed by atoms with Crippen LogP contribution in [0.15, 0.2) is 0 Å². The van der Waals surface area contributed by atoms with Crippen LogP contribution >= 0.6 is 0 Å². The SMILES string of the molecule is CCCC[C@@H](O)C#CCCCCCCCS(=O)(=O)CCCC(=O)O. The predicted molar refractivity (Wildman–Crippen MR) is 96.5 cm³/mol. The van der Waals surface area contributed by atoms with Crippen LogP contribution in [-0.2, 0) is 14.6 Å². The van der Waals surface area contributed by atoms with Crippen LogP contribution in [0.1, 0.15) is 77.6 Å². The number of aliphatic hydroxyl groups is 1. The van der Waals surface area contributed by atoms with Crippen molar-refractivity contribution in [1.82, 2.24) is 0 Å². The maximum Gasteiger partial charge on any atom is 0.303 e. The number of rotatable bonds is 14. The molecule has 5 nitrogen and oxygen atoms in total. The summed E-state index contributed by atoms with van der Waals surface area (Å²) in [5.41, 5.74) is 0. The number of sulfone groups is 1. The van der Waals surface area contributed by atoms with E-state index in [0.29, 0.717) is 6.42 Å². The lowest BCUT2D eigenvalue weighted by Gasteiger charge is -2.03. The van der Waals surface area contributed by atoms with Gasteiger partial charge in [0.05, 0.1) is 11.5 Å². The Morgan fingerprint density at radius 2 is 1.62 bits per heavy atom. The van der Waals surface area contributed by atoms with E-state index in [9.17, 15) is 18.3 Å². The van der Waals surface area contributed by atoms with Crippen molar-refractivity contribution in [2.75, 3.05) is 11.5 Å². The quantitative estimate of drug-likeness (QED) is 0.367. The average Bonchev–Trinajstić information content (AvgIpc) is 2.50. The van der Waals surface area contributed by atoms with Gasteiger partial charge in [-0.05, 0) is 25.7 Å². The molecule has 0 fully saturated rings. The van der Waals surface area contributed by atoms with Gasteiger partial charge in [0, 0.05) is 12.8 Å². The highest BCUT2D eigenvalue weighted by molar-refractivity contribution is 7.91. The van der Waals surface area contributed by atoms with E-state index in [1.807, 2.05) is 0 Å². The molecule has 0 amide bonds. The first-order chi connectivity index (χ1) is 11.4. The molecule has 24 heavy (non-hydrogen) atoms. The van der Waals surface area contributed by atoms with Gasteiger partial charge in [0.15, 0.2) is 0 Å². The van der Waals surface area contributed by atoms with Crippen molar-refractivity contribution < 1.29 is 23.4 Å². The van der Waals surface area contributed by atoms with Crippen molar-refractivity contribution in [2.45, 2.75) is 83.7 Å². The van der Waals surface area contributed by atoms with Gasteiger partial charge in [0.2, 0.25) is 0 Å². The summed E-state index contributed by atoms with van der Waals surface area (Å²) in [5, 5.41) is 18.1. The Labute approximate surface area is 146 Å². The van der Waals surface area contributed by atoms with Crippen LogP contribution in [0.3, 0.4) is 0 Å². The smallest absolute Gasteiger partial charge is 0.303 e. The van der Waals surface area contributed by atoms with Crippen molar-refractivity contribution in [3.8, 4) is 11.8 Å². The van der Waals surface area contributed by atoms with Crippen LogP contribution in [-0.4, -0.2) is 42.2 Å². The molecule has 0 aliphatic rings. The second kappa shape index (κ2) is 14.3. The van der Waals surface area contributed by atoms with Crippen molar-refractivity contribution in [2.24, 2.45) is 0 Å². The van der Waals surface area contributed by atoms with E-state index in [2.05, 4.69) is 18.8 Å². The Balaban J connectivity index is 3.57. The van der Waals surface area contributed by atoms with Crippen molar-refractivity contribution >= 4 is 15.8 Å². The minimum atomic E-state index is -3.11. The predicted octanol–water partition coefficient (Wildman–Crippen LogP) is 3.16. The topological polar surface area (TPSA) is 91.7 Å². The maximum absolute atomic E-state index is 11.7. The minimum absolute atomic E-state index is 0.0325. The zero-order chi connectivity index (χ0) is 18.3. The zero-order valence-corrected chi connectivity index (χ0v) is 15.6. The molecule has 6 heteroatoms. The Bertz CT molecular complexity index is 487. The lowest BCUT2D eigenvalue weighted by Crippen LogP contribution is -2.12. The lowest BCUT2D eigenvalue weighted by atomic mass is 10.1. The number of carboxylic acids is 1. The molecule has 0 saturated carbocycles. The van der Waals surface area contributed by atoms with Crippen molar-refractivity contribution in [3.63, 3.8) is 0 Å². The number of unbranched alkanes of at least 4 members (excludes halogenated alkanes) is 6. The van der Waals surface area contributed by atoms with Gasteiger partial charge in [-0.3, -0.25) is 4.79 Å². The van der Waals surface area contributed by atoms with Gasteiger partial charge >= 0.3 is 5.97 Å². The molecule has 0 aliphatic heterocycles. The number of hydrogen-bond acceptors (Lipinski definition) is 4. The van der Waals surface area contributed by atoms with Gasteiger partial charge in [-0.25, -0.2) is 8.42 Å². The van der Waals surface area contributed by atoms with Crippen LogP contribution in [0.5, 0.6) is 0 Å². The van der Waals surface area contributed by atoms with E-state index < -0.39 is 21.9 Å². The first-order valence-corrected chi connectivity index (χ1v) is 10.8. The molecule has 0 aromatic heterocycles. The van der Waals surface area contributed by atoms with Crippen molar-refractivity contribution in [3.05, 3.63) is 0 Å². The molecule has 0 aromatic rings. The molecule has 1 atom stereocenters. The van der Waals surface area contributed by atoms with Crippen LogP contribution < -0.4 is 0 Å². The Morgan fingerprint density at radius 3 is 2.29 bits per heavy atom. The molecule has 140 valence electrons. The second-order valence-electron chi connectivity index (χ2n) is 6.15. The number of aliphatic carboxylic acids is 1. The molecular formula is C18H32O5S. The largest absolute Gasteiger partial charge is 0.481 e.